The van der Waals surface area contributed by atoms with Crippen LogP contribution in [0.5, 0.6) is 0 Å². The molecule has 0 saturated carbocycles. The molecule has 0 bridgehead atoms. The number of hydrogen-bond acceptors (Lipinski definition) is 2. The Balaban J connectivity index is 2.58. The highest BCUT2D eigenvalue weighted by molar-refractivity contribution is 6.30. The van der Waals surface area contributed by atoms with E-state index < -0.39 is 0 Å². The highest BCUT2D eigenvalue weighted by Gasteiger charge is 2.12. The third kappa shape index (κ3) is 4.92. The molecule has 0 saturated heterocycles. The first-order chi connectivity index (χ1) is 7.79. The second-order valence-corrected chi connectivity index (χ2v) is 5.55. The van der Waals surface area contributed by atoms with Gasteiger partial charge in [0.15, 0.2) is 0 Å². The summed E-state index contributed by atoms with van der Waals surface area (Å²) in [6.45, 7) is 4.75. The average molecular weight is 259 g/mol. The SMILES string of the molecule is CN(CCCC(C)(C)N)c1cc(Cl)ccc1F. The van der Waals surface area contributed by atoms with Crippen LogP contribution in [0.2, 0.25) is 5.02 Å². The molecule has 0 aliphatic rings. The average Bonchev–Trinajstić information content (AvgIpc) is 2.19. The van der Waals surface area contributed by atoms with Gasteiger partial charge in [-0.15, -0.1) is 0 Å². The van der Waals surface area contributed by atoms with Gasteiger partial charge in [0.2, 0.25) is 0 Å². The monoisotopic (exact) mass is 258 g/mol. The van der Waals surface area contributed by atoms with E-state index in [1.54, 1.807) is 12.1 Å². The zero-order chi connectivity index (χ0) is 13.1. The highest BCUT2D eigenvalue weighted by Crippen LogP contribution is 2.23. The summed E-state index contributed by atoms with van der Waals surface area (Å²) in [6.07, 6.45) is 1.82. The molecule has 96 valence electrons. The predicted octanol–water partition coefficient (Wildman–Crippen LogP) is 3.43. The van der Waals surface area contributed by atoms with Crippen molar-refractivity contribution in [3.8, 4) is 0 Å². The summed E-state index contributed by atoms with van der Waals surface area (Å²) in [5.74, 6) is -0.246. The zero-order valence-electron chi connectivity index (χ0n) is 10.6. The van der Waals surface area contributed by atoms with Crippen LogP contribution >= 0.6 is 11.6 Å². The molecule has 0 aliphatic carbocycles. The summed E-state index contributed by atoms with van der Waals surface area (Å²) in [5.41, 5.74) is 6.26. The minimum absolute atomic E-state index is 0.173. The lowest BCUT2D eigenvalue weighted by Crippen LogP contribution is -2.33. The van der Waals surface area contributed by atoms with E-state index in [0.717, 1.165) is 19.4 Å². The van der Waals surface area contributed by atoms with Crippen LogP contribution in [0.1, 0.15) is 26.7 Å². The Kier molecular flexibility index (Phi) is 4.78. The van der Waals surface area contributed by atoms with Crippen LogP contribution < -0.4 is 10.6 Å². The summed E-state index contributed by atoms with van der Waals surface area (Å²) in [6, 6.07) is 4.59. The third-order valence-electron chi connectivity index (χ3n) is 2.63. The molecule has 0 heterocycles. The first-order valence-electron chi connectivity index (χ1n) is 5.75. The molecule has 0 unspecified atom stereocenters. The van der Waals surface area contributed by atoms with Crippen molar-refractivity contribution in [3.63, 3.8) is 0 Å². The van der Waals surface area contributed by atoms with E-state index in [0.29, 0.717) is 10.7 Å². The lowest BCUT2D eigenvalue weighted by atomic mass is 10.00. The maximum atomic E-state index is 13.6. The molecule has 0 aliphatic heterocycles. The molecule has 1 aromatic carbocycles. The molecule has 0 fully saturated rings. The van der Waals surface area contributed by atoms with Crippen molar-refractivity contribution >= 4 is 17.3 Å². The maximum Gasteiger partial charge on any atom is 0.146 e. The fourth-order valence-corrected chi connectivity index (χ4v) is 1.84. The topological polar surface area (TPSA) is 29.3 Å². The van der Waals surface area contributed by atoms with Crippen molar-refractivity contribution in [2.24, 2.45) is 5.73 Å². The summed E-state index contributed by atoms with van der Waals surface area (Å²) in [4.78, 5) is 1.87. The van der Waals surface area contributed by atoms with Crippen LogP contribution in [-0.4, -0.2) is 19.1 Å². The van der Waals surface area contributed by atoms with Crippen LogP contribution in [0.25, 0.3) is 0 Å². The molecule has 2 N–H and O–H groups in total. The molecule has 0 spiro atoms. The van der Waals surface area contributed by atoms with Gasteiger partial charge in [0.1, 0.15) is 5.82 Å². The first kappa shape index (κ1) is 14.3. The van der Waals surface area contributed by atoms with E-state index in [4.69, 9.17) is 17.3 Å². The van der Waals surface area contributed by atoms with Crippen molar-refractivity contribution in [2.75, 3.05) is 18.5 Å². The van der Waals surface area contributed by atoms with Gasteiger partial charge in [0.25, 0.3) is 0 Å². The fraction of sp³-hybridized carbons (Fsp3) is 0.538. The maximum absolute atomic E-state index is 13.6. The summed E-state index contributed by atoms with van der Waals surface area (Å²) in [5, 5.41) is 0.549. The Hall–Kier alpha value is -0.800. The zero-order valence-corrected chi connectivity index (χ0v) is 11.4. The van der Waals surface area contributed by atoms with Crippen molar-refractivity contribution in [2.45, 2.75) is 32.2 Å². The number of rotatable bonds is 5. The number of nitrogens with two attached hydrogens (primary N) is 1. The lowest BCUT2D eigenvalue weighted by molar-refractivity contribution is 0.460. The Bertz CT molecular complexity index is 374. The van der Waals surface area contributed by atoms with Gasteiger partial charge in [-0.3, -0.25) is 0 Å². The van der Waals surface area contributed by atoms with Crippen molar-refractivity contribution in [3.05, 3.63) is 29.0 Å². The molecule has 4 heteroatoms. The van der Waals surface area contributed by atoms with Crippen LogP contribution in [0.3, 0.4) is 0 Å². The number of nitrogens with zero attached hydrogens (tertiary/aromatic N) is 1. The quantitative estimate of drug-likeness (QED) is 0.877. The number of anilines is 1. The number of halogens is 2. The van der Waals surface area contributed by atoms with Crippen LogP contribution in [0.4, 0.5) is 10.1 Å². The summed E-state index contributed by atoms with van der Waals surface area (Å²) >= 11 is 5.85. The van der Waals surface area contributed by atoms with Crippen molar-refractivity contribution in [1.82, 2.24) is 0 Å². The van der Waals surface area contributed by atoms with E-state index >= 15 is 0 Å². The van der Waals surface area contributed by atoms with Gasteiger partial charge >= 0.3 is 0 Å². The summed E-state index contributed by atoms with van der Waals surface area (Å²) < 4.78 is 13.6. The Morgan fingerprint density at radius 2 is 2.06 bits per heavy atom. The Morgan fingerprint density at radius 3 is 2.65 bits per heavy atom. The minimum atomic E-state index is -0.246. The number of benzene rings is 1. The van der Waals surface area contributed by atoms with Gasteiger partial charge in [-0.05, 0) is 44.9 Å². The van der Waals surface area contributed by atoms with Gasteiger partial charge < -0.3 is 10.6 Å². The van der Waals surface area contributed by atoms with Gasteiger partial charge in [0, 0.05) is 24.2 Å². The van der Waals surface area contributed by atoms with E-state index in [1.165, 1.54) is 6.07 Å². The van der Waals surface area contributed by atoms with E-state index in [1.807, 2.05) is 25.8 Å². The predicted molar refractivity (Wildman–Crippen MR) is 72.2 cm³/mol. The summed E-state index contributed by atoms with van der Waals surface area (Å²) in [7, 11) is 1.86. The largest absolute Gasteiger partial charge is 0.372 e. The molecule has 0 amide bonds. The molecule has 17 heavy (non-hydrogen) atoms. The Morgan fingerprint density at radius 1 is 1.41 bits per heavy atom. The molecule has 2 nitrogen and oxygen atoms in total. The first-order valence-corrected chi connectivity index (χ1v) is 6.12. The highest BCUT2D eigenvalue weighted by atomic mass is 35.5. The van der Waals surface area contributed by atoms with E-state index in [-0.39, 0.29) is 11.4 Å². The van der Waals surface area contributed by atoms with Gasteiger partial charge in [-0.2, -0.15) is 0 Å². The fourth-order valence-electron chi connectivity index (χ4n) is 1.67. The van der Waals surface area contributed by atoms with E-state index in [9.17, 15) is 4.39 Å². The lowest BCUT2D eigenvalue weighted by Gasteiger charge is -2.23. The molecular weight excluding hydrogens is 239 g/mol. The van der Waals surface area contributed by atoms with Crippen molar-refractivity contribution < 1.29 is 4.39 Å². The second-order valence-electron chi connectivity index (χ2n) is 5.11. The van der Waals surface area contributed by atoms with Gasteiger partial charge in [-0.1, -0.05) is 11.6 Å². The minimum Gasteiger partial charge on any atom is -0.372 e. The normalized spacial score (nSPS) is 11.6. The van der Waals surface area contributed by atoms with Crippen LogP contribution in [0.15, 0.2) is 18.2 Å². The van der Waals surface area contributed by atoms with Crippen LogP contribution in [0, 0.1) is 5.82 Å². The second kappa shape index (κ2) is 5.69. The van der Waals surface area contributed by atoms with Crippen molar-refractivity contribution in [1.29, 1.82) is 0 Å². The molecule has 1 rings (SSSR count). The third-order valence-corrected chi connectivity index (χ3v) is 2.87. The van der Waals surface area contributed by atoms with Gasteiger partial charge in [0.05, 0.1) is 5.69 Å². The molecule has 0 aromatic heterocycles. The number of hydrogen-bond donors (Lipinski definition) is 1. The molecular formula is C13H20ClFN2. The smallest absolute Gasteiger partial charge is 0.146 e. The van der Waals surface area contributed by atoms with Crippen LogP contribution in [-0.2, 0) is 0 Å². The van der Waals surface area contributed by atoms with E-state index in [2.05, 4.69) is 0 Å². The molecule has 0 atom stereocenters. The van der Waals surface area contributed by atoms with Gasteiger partial charge in [-0.25, -0.2) is 4.39 Å². The molecule has 1 aromatic rings. The molecule has 0 radical (unpaired) electrons. The Labute approximate surface area is 108 Å². The standard InChI is InChI=1S/C13H20ClFN2/c1-13(2,16)7-4-8-17(3)12-9-10(14)5-6-11(12)15/h5-6,9H,4,7-8,16H2,1-3H3.